The molecule has 130 valence electrons. The molecule has 4 aromatic rings. The first-order valence-electron chi connectivity index (χ1n) is 8.03. The second kappa shape index (κ2) is 7.47. The van der Waals surface area contributed by atoms with E-state index in [1.54, 1.807) is 24.5 Å². The van der Waals surface area contributed by atoms with Crippen molar-refractivity contribution in [2.75, 3.05) is 0 Å². The lowest BCUT2D eigenvalue weighted by molar-refractivity contribution is 0.463. The van der Waals surface area contributed by atoms with Crippen molar-refractivity contribution in [3.63, 3.8) is 0 Å². The van der Waals surface area contributed by atoms with Gasteiger partial charge in [-0.25, -0.2) is 8.93 Å². The number of nitrogens with zero attached hydrogens (tertiary/aromatic N) is 2. The summed E-state index contributed by atoms with van der Waals surface area (Å²) in [6.45, 7) is 0.458. The zero-order valence-corrected chi connectivity index (χ0v) is 14.6. The summed E-state index contributed by atoms with van der Waals surface area (Å²) >= 11 is 0. The van der Waals surface area contributed by atoms with Crippen LogP contribution in [0.2, 0.25) is 0 Å². The smallest absolute Gasteiger partial charge is 0.205 e. The third-order valence-corrected chi connectivity index (χ3v) is 4.94. The summed E-state index contributed by atoms with van der Waals surface area (Å²) in [4.78, 5) is 4.06. The van der Waals surface area contributed by atoms with Gasteiger partial charge in [-0.15, -0.1) is 0 Å². The van der Waals surface area contributed by atoms with Crippen molar-refractivity contribution in [1.82, 2.24) is 19.9 Å². The van der Waals surface area contributed by atoms with Crippen LogP contribution in [0.1, 0.15) is 5.56 Å². The molecule has 0 amide bonds. The predicted octanol–water partition coefficient (Wildman–Crippen LogP) is 3.54. The lowest BCUT2D eigenvalue weighted by Crippen LogP contribution is -2.16. The Balaban J connectivity index is 1.55. The van der Waals surface area contributed by atoms with Gasteiger partial charge in [0, 0.05) is 30.1 Å². The first-order chi connectivity index (χ1) is 12.8. The lowest BCUT2D eigenvalue weighted by atomic mass is 10.0. The highest BCUT2D eigenvalue weighted by Gasteiger charge is 2.11. The van der Waals surface area contributed by atoms with Crippen LogP contribution in [-0.4, -0.2) is 19.4 Å². The number of aromatic nitrogens is 3. The number of furan rings is 1. The molecule has 0 aliphatic rings. The molecule has 0 aliphatic heterocycles. The van der Waals surface area contributed by atoms with E-state index in [1.165, 1.54) is 6.26 Å². The van der Waals surface area contributed by atoms with E-state index in [-0.39, 0.29) is 0 Å². The molecular weight excluding hydrogens is 348 g/mol. The van der Waals surface area contributed by atoms with Gasteiger partial charge >= 0.3 is 0 Å². The summed E-state index contributed by atoms with van der Waals surface area (Å²) in [6, 6.07) is 15.3. The summed E-state index contributed by atoms with van der Waals surface area (Å²) in [7, 11) is -1.37. The predicted molar refractivity (Wildman–Crippen MR) is 99.2 cm³/mol. The Morgan fingerprint density at radius 3 is 2.77 bits per heavy atom. The van der Waals surface area contributed by atoms with Gasteiger partial charge in [0.25, 0.3) is 0 Å². The van der Waals surface area contributed by atoms with Crippen LogP contribution < -0.4 is 4.72 Å². The van der Waals surface area contributed by atoms with Crippen molar-refractivity contribution in [3.05, 3.63) is 78.9 Å². The summed E-state index contributed by atoms with van der Waals surface area (Å²) < 4.78 is 20.2. The summed E-state index contributed by atoms with van der Waals surface area (Å²) in [6.07, 6.45) is 6.84. The van der Waals surface area contributed by atoms with Crippen molar-refractivity contribution < 1.29 is 8.63 Å². The molecule has 26 heavy (non-hydrogen) atoms. The Morgan fingerprint density at radius 2 is 1.96 bits per heavy atom. The highest BCUT2D eigenvalue weighted by atomic mass is 32.2. The van der Waals surface area contributed by atoms with E-state index >= 15 is 0 Å². The van der Waals surface area contributed by atoms with E-state index in [4.69, 9.17) is 4.42 Å². The number of aromatic amines is 1. The Bertz CT molecular complexity index is 1010. The molecule has 0 fully saturated rings. The monoisotopic (exact) mass is 364 g/mol. The molecule has 3 aromatic heterocycles. The average Bonchev–Trinajstić information content (AvgIpc) is 3.39. The zero-order valence-electron chi connectivity index (χ0n) is 13.8. The Morgan fingerprint density at radius 1 is 1.08 bits per heavy atom. The quantitative estimate of drug-likeness (QED) is 0.548. The van der Waals surface area contributed by atoms with Gasteiger partial charge in [0.2, 0.25) is 5.09 Å². The van der Waals surface area contributed by atoms with Crippen LogP contribution in [0.25, 0.3) is 22.4 Å². The molecule has 3 heterocycles. The summed E-state index contributed by atoms with van der Waals surface area (Å²) in [5.74, 6) is 0. The minimum Gasteiger partial charge on any atom is -0.454 e. The van der Waals surface area contributed by atoms with Gasteiger partial charge in [-0.2, -0.15) is 5.10 Å². The van der Waals surface area contributed by atoms with Gasteiger partial charge in [-0.05, 0) is 41.5 Å². The van der Waals surface area contributed by atoms with Gasteiger partial charge in [0.15, 0.2) is 11.0 Å². The van der Waals surface area contributed by atoms with Crippen molar-refractivity contribution in [2.24, 2.45) is 0 Å². The van der Waals surface area contributed by atoms with Crippen LogP contribution in [0.4, 0.5) is 0 Å². The van der Waals surface area contributed by atoms with Crippen LogP contribution in [0.5, 0.6) is 0 Å². The normalized spacial score (nSPS) is 12.2. The first kappa shape index (κ1) is 16.4. The Labute approximate surface area is 152 Å². The van der Waals surface area contributed by atoms with E-state index in [0.717, 1.165) is 27.9 Å². The highest BCUT2D eigenvalue weighted by molar-refractivity contribution is 7.82. The molecule has 2 N–H and O–H groups in total. The maximum Gasteiger partial charge on any atom is 0.205 e. The maximum atomic E-state index is 12.1. The van der Waals surface area contributed by atoms with Crippen LogP contribution in [-0.2, 0) is 17.5 Å². The lowest BCUT2D eigenvalue weighted by Gasteiger charge is -2.07. The van der Waals surface area contributed by atoms with E-state index in [0.29, 0.717) is 11.6 Å². The molecular formula is C19H16N4O2S. The van der Waals surface area contributed by atoms with Crippen LogP contribution in [0.3, 0.4) is 0 Å². The minimum atomic E-state index is -1.37. The summed E-state index contributed by atoms with van der Waals surface area (Å²) in [5, 5.41) is 7.67. The Kier molecular flexibility index (Phi) is 4.72. The number of hydrogen-bond donors (Lipinski definition) is 2. The second-order valence-electron chi connectivity index (χ2n) is 5.62. The minimum absolute atomic E-state index is 0.412. The molecule has 0 aliphatic carbocycles. The third kappa shape index (κ3) is 3.49. The second-order valence-corrected chi connectivity index (χ2v) is 6.85. The van der Waals surface area contributed by atoms with Crippen molar-refractivity contribution in [1.29, 1.82) is 0 Å². The number of rotatable bonds is 6. The molecule has 7 heteroatoms. The van der Waals surface area contributed by atoms with Crippen molar-refractivity contribution >= 4 is 11.0 Å². The molecule has 6 nitrogen and oxygen atoms in total. The number of benzene rings is 1. The fourth-order valence-corrected chi connectivity index (χ4v) is 3.47. The Hall–Kier alpha value is -3.03. The fourth-order valence-electron chi connectivity index (χ4n) is 2.68. The zero-order chi connectivity index (χ0) is 17.8. The molecule has 1 aromatic carbocycles. The van der Waals surface area contributed by atoms with Crippen LogP contribution in [0, 0.1) is 0 Å². The van der Waals surface area contributed by atoms with E-state index in [2.05, 4.69) is 19.9 Å². The van der Waals surface area contributed by atoms with Gasteiger partial charge in [-0.1, -0.05) is 18.2 Å². The number of hydrogen-bond acceptors (Lipinski definition) is 4. The van der Waals surface area contributed by atoms with Gasteiger partial charge < -0.3 is 4.42 Å². The van der Waals surface area contributed by atoms with Gasteiger partial charge in [0.1, 0.15) is 0 Å². The molecule has 0 bridgehead atoms. The largest absolute Gasteiger partial charge is 0.454 e. The van der Waals surface area contributed by atoms with Crippen LogP contribution in [0.15, 0.2) is 82.9 Å². The number of H-pyrrole nitrogens is 1. The van der Waals surface area contributed by atoms with Crippen LogP contribution >= 0.6 is 0 Å². The maximum absolute atomic E-state index is 12.1. The number of nitrogens with one attached hydrogen (secondary N) is 2. The molecule has 0 saturated carbocycles. The average molecular weight is 364 g/mol. The fraction of sp³-hybridized carbons (Fsp3) is 0.0526. The molecule has 0 spiro atoms. The van der Waals surface area contributed by atoms with E-state index in [9.17, 15) is 4.21 Å². The first-order valence-corrected chi connectivity index (χ1v) is 9.18. The van der Waals surface area contributed by atoms with Crippen molar-refractivity contribution in [2.45, 2.75) is 11.6 Å². The standard InChI is InChI=1S/C19H16N4O2S/c24-26(18-5-2-10-25-18)22-12-14-3-1-4-16(11-14)19-17(13-21-23-19)15-6-8-20-9-7-15/h1-11,13,22H,12H2,(H,21,23). The molecule has 1 unspecified atom stereocenters. The number of pyridine rings is 1. The van der Waals surface area contributed by atoms with Gasteiger partial charge in [-0.3, -0.25) is 10.1 Å². The van der Waals surface area contributed by atoms with E-state index in [1.807, 2.05) is 42.6 Å². The molecule has 0 saturated heterocycles. The highest BCUT2D eigenvalue weighted by Crippen LogP contribution is 2.30. The summed E-state index contributed by atoms with van der Waals surface area (Å²) in [5.41, 5.74) is 5.02. The molecule has 4 rings (SSSR count). The van der Waals surface area contributed by atoms with Gasteiger partial charge in [0.05, 0.1) is 18.2 Å². The molecule has 1 atom stereocenters. The third-order valence-electron chi connectivity index (χ3n) is 3.93. The van der Waals surface area contributed by atoms with Crippen molar-refractivity contribution in [3.8, 4) is 22.4 Å². The van der Waals surface area contributed by atoms with E-state index < -0.39 is 11.0 Å². The topological polar surface area (TPSA) is 83.8 Å². The SMILES string of the molecule is O=S(NCc1cccc(-c2[nH]ncc2-c2ccncc2)c1)c1ccco1. The molecule has 0 radical (unpaired) electrons.